The van der Waals surface area contributed by atoms with E-state index in [-0.39, 0.29) is 24.0 Å². The van der Waals surface area contributed by atoms with E-state index in [1.54, 1.807) is 7.05 Å². The highest BCUT2D eigenvalue weighted by atomic mass is 127. The molecule has 1 aliphatic heterocycles. The quantitative estimate of drug-likeness (QED) is 0.315. The zero-order valence-electron chi connectivity index (χ0n) is 14.3. The molecule has 1 fully saturated rings. The summed E-state index contributed by atoms with van der Waals surface area (Å²) in [5.74, 6) is 0.845. The number of nitrogens with zero attached hydrogens (tertiary/aromatic N) is 3. The summed E-state index contributed by atoms with van der Waals surface area (Å²) in [7, 11) is 1.81. The number of halogens is 1. The van der Waals surface area contributed by atoms with Crippen LogP contribution >= 0.6 is 24.0 Å². The fourth-order valence-electron chi connectivity index (χ4n) is 2.88. The summed E-state index contributed by atoms with van der Waals surface area (Å²) < 4.78 is 0. The first kappa shape index (κ1) is 20.2. The van der Waals surface area contributed by atoms with Crippen molar-refractivity contribution in [2.24, 2.45) is 4.99 Å². The minimum atomic E-state index is 0. The monoisotopic (exact) mass is 431 g/mol. The normalized spacial score (nSPS) is 19.0. The van der Waals surface area contributed by atoms with Gasteiger partial charge in [-0.25, -0.2) is 0 Å². The fourth-order valence-corrected chi connectivity index (χ4v) is 2.88. The lowest BCUT2D eigenvalue weighted by atomic mass is 10.0. The smallest absolute Gasteiger partial charge is 0.191 e. The summed E-state index contributed by atoms with van der Waals surface area (Å²) in [6.45, 7) is 6.42. The molecular formula is C17H30IN5. The lowest BCUT2D eigenvalue weighted by Crippen LogP contribution is -2.41. The molecule has 2 rings (SSSR count). The molecule has 2 heterocycles. The van der Waals surface area contributed by atoms with Crippen molar-refractivity contribution in [3.63, 3.8) is 0 Å². The Morgan fingerprint density at radius 1 is 1.35 bits per heavy atom. The lowest BCUT2D eigenvalue weighted by molar-refractivity contribution is 0.159. The van der Waals surface area contributed by atoms with Crippen molar-refractivity contribution in [2.45, 2.75) is 45.2 Å². The van der Waals surface area contributed by atoms with E-state index in [4.69, 9.17) is 0 Å². The number of guanidine groups is 1. The largest absolute Gasteiger partial charge is 0.356 e. The first-order valence-electron chi connectivity index (χ1n) is 8.38. The molecule has 0 bridgehead atoms. The van der Waals surface area contributed by atoms with E-state index in [1.807, 2.05) is 24.4 Å². The number of aromatic nitrogens is 1. The Hall–Kier alpha value is -0.890. The van der Waals surface area contributed by atoms with E-state index in [1.165, 1.54) is 32.4 Å². The molecule has 130 valence electrons. The minimum Gasteiger partial charge on any atom is -0.356 e. The molecule has 6 heteroatoms. The number of likely N-dealkylation sites (tertiary alicyclic amines) is 1. The van der Waals surface area contributed by atoms with Gasteiger partial charge in [-0.2, -0.15) is 0 Å². The Bertz CT molecular complexity index is 452. The molecule has 1 aromatic rings. The number of hydrogen-bond acceptors (Lipinski definition) is 3. The van der Waals surface area contributed by atoms with Crippen LogP contribution in [0.4, 0.5) is 0 Å². The van der Waals surface area contributed by atoms with Crippen LogP contribution in [-0.4, -0.2) is 48.6 Å². The first-order chi connectivity index (χ1) is 10.8. The molecular weight excluding hydrogens is 401 g/mol. The van der Waals surface area contributed by atoms with Gasteiger partial charge < -0.3 is 15.5 Å². The topological polar surface area (TPSA) is 52.6 Å². The Kier molecular flexibility index (Phi) is 10.2. The molecule has 0 amide bonds. The van der Waals surface area contributed by atoms with Crippen LogP contribution in [0.25, 0.3) is 0 Å². The number of hydrogen-bond donors (Lipinski definition) is 2. The SMILES string of the molecule is CN=C(NCCCN1CCCCC1C)NCc1ccccn1.I. The number of pyridine rings is 1. The Morgan fingerprint density at radius 2 is 2.22 bits per heavy atom. The van der Waals surface area contributed by atoms with Crippen LogP contribution in [0.5, 0.6) is 0 Å². The standard InChI is InChI=1S/C17H29N5.HI/c1-15-8-4-6-12-22(15)13-7-11-20-17(18-2)21-14-16-9-3-5-10-19-16;/h3,5,9-10,15H,4,6-8,11-14H2,1-2H3,(H2,18,20,21);1H. The van der Waals surface area contributed by atoms with E-state index in [9.17, 15) is 0 Å². The zero-order chi connectivity index (χ0) is 15.6. The van der Waals surface area contributed by atoms with E-state index in [2.05, 4.69) is 32.4 Å². The van der Waals surface area contributed by atoms with Gasteiger partial charge in [-0.1, -0.05) is 12.5 Å². The van der Waals surface area contributed by atoms with Crippen LogP contribution in [0.3, 0.4) is 0 Å². The maximum absolute atomic E-state index is 4.30. The Labute approximate surface area is 157 Å². The maximum Gasteiger partial charge on any atom is 0.191 e. The Morgan fingerprint density at radius 3 is 2.91 bits per heavy atom. The third kappa shape index (κ3) is 7.48. The molecule has 0 aromatic carbocycles. The van der Waals surface area contributed by atoms with E-state index >= 15 is 0 Å². The number of rotatable bonds is 6. The van der Waals surface area contributed by atoms with E-state index in [0.717, 1.165) is 30.7 Å². The molecule has 1 unspecified atom stereocenters. The lowest BCUT2D eigenvalue weighted by Gasteiger charge is -2.33. The summed E-state index contributed by atoms with van der Waals surface area (Å²) in [4.78, 5) is 11.2. The van der Waals surface area contributed by atoms with Crippen molar-refractivity contribution >= 4 is 29.9 Å². The predicted octanol–water partition coefficient (Wildman–Crippen LogP) is 2.63. The molecule has 23 heavy (non-hydrogen) atoms. The molecule has 1 aromatic heterocycles. The average Bonchev–Trinajstić information content (AvgIpc) is 2.56. The summed E-state index contributed by atoms with van der Waals surface area (Å²) in [6, 6.07) is 6.69. The predicted molar refractivity (Wildman–Crippen MR) is 107 cm³/mol. The second-order valence-corrected chi connectivity index (χ2v) is 5.91. The molecule has 0 spiro atoms. The van der Waals surface area contributed by atoms with Gasteiger partial charge in [0.2, 0.25) is 0 Å². The maximum atomic E-state index is 4.30. The zero-order valence-corrected chi connectivity index (χ0v) is 16.6. The van der Waals surface area contributed by atoms with Crippen LogP contribution in [0, 0.1) is 0 Å². The molecule has 1 aliphatic rings. The fraction of sp³-hybridized carbons (Fsp3) is 0.647. The molecule has 2 N–H and O–H groups in total. The van der Waals surface area contributed by atoms with Crippen molar-refractivity contribution in [1.82, 2.24) is 20.5 Å². The minimum absolute atomic E-state index is 0. The van der Waals surface area contributed by atoms with Crippen molar-refractivity contribution in [3.8, 4) is 0 Å². The van der Waals surface area contributed by atoms with Crippen LogP contribution < -0.4 is 10.6 Å². The van der Waals surface area contributed by atoms with Gasteiger partial charge in [0.1, 0.15) is 0 Å². The van der Waals surface area contributed by atoms with Gasteiger partial charge in [-0.3, -0.25) is 9.98 Å². The highest BCUT2D eigenvalue weighted by Crippen LogP contribution is 2.15. The summed E-state index contributed by atoms with van der Waals surface area (Å²) in [6.07, 6.45) is 7.05. The second kappa shape index (κ2) is 11.6. The average molecular weight is 431 g/mol. The van der Waals surface area contributed by atoms with Gasteiger partial charge >= 0.3 is 0 Å². The van der Waals surface area contributed by atoms with Gasteiger partial charge in [0.05, 0.1) is 12.2 Å². The Balaban J connectivity index is 0.00000264. The second-order valence-electron chi connectivity index (χ2n) is 5.91. The molecule has 1 saturated heterocycles. The van der Waals surface area contributed by atoms with Gasteiger partial charge in [0, 0.05) is 32.4 Å². The van der Waals surface area contributed by atoms with Crippen LogP contribution in [0.15, 0.2) is 29.4 Å². The van der Waals surface area contributed by atoms with E-state index < -0.39 is 0 Å². The number of nitrogens with one attached hydrogen (secondary N) is 2. The molecule has 0 radical (unpaired) electrons. The number of aliphatic imine (C=N–C) groups is 1. The van der Waals surface area contributed by atoms with Crippen molar-refractivity contribution in [1.29, 1.82) is 0 Å². The first-order valence-corrected chi connectivity index (χ1v) is 8.38. The van der Waals surface area contributed by atoms with Gasteiger partial charge in [0.15, 0.2) is 5.96 Å². The van der Waals surface area contributed by atoms with Crippen molar-refractivity contribution in [2.75, 3.05) is 26.7 Å². The third-order valence-electron chi connectivity index (χ3n) is 4.24. The van der Waals surface area contributed by atoms with Crippen molar-refractivity contribution < 1.29 is 0 Å². The van der Waals surface area contributed by atoms with Gasteiger partial charge in [0.25, 0.3) is 0 Å². The third-order valence-corrected chi connectivity index (χ3v) is 4.24. The van der Waals surface area contributed by atoms with Crippen LogP contribution in [0.1, 0.15) is 38.3 Å². The molecule has 1 atom stereocenters. The highest BCUT2D eigenvalue weighted by Gasteiger charge is 2.16. The van der Waals surface area contributed by atoms with Crippen LogP contribution in [0.2, 0.25) is 0 Å². The van der Waals surface area contributed by atoms with Crippen LogP contribution in [-0.2, 0) is 6.54 Å². The molecule has 5 nitrogen and oxygen atoms in total. The van der Waals surface area contributed by atoms with Crippen molar-refractivity contribution in [3.05, 3.63) is 30.1 Å². The molecule has 0 saturated carbocycles. The summed E-state index contributed by atoms with van der Waals surface area (Å²) in [5.41, 5.74) is 1.02. The van der Waals surface area contributed by atoms with Gasteiger partial charge in [-0.15, -0.1) is 24.0 Å². The summed E-state index contributed by atoms with van der Waals surface area (Å²) >= 11 is 0. The number of piperidine rings is 1. The van der Waals surface area contributed by atoms with Gasteiger partial charge in [-0.05, 0) is 44.9 Å². The molecule has 0 aliphatic carbocycles. The highest BCUT2D eigenvalue weighted by molar-refractivity contribution is 14.0. The summed E-state index contributed by atoms with van der Waals surface area (Å²) in [5, 5.41) is 6.67. The van der Waals surface area contributed by atoms with E-state index in [0.29, 0.717) is 6.54 Å².